The fraction of sp³-hybridized carbons (Fsp3) is 0.889. The summed E-state index contributed by atoms with van der Waals surface area (Å²) in [4.78, 5) is 10.4. The van der Waals surface area contributed by atoms with Crippen molar-refractivity contribution in [2.24, 2.45) is 5.73 Å². The monoisotopic (exact) mass is 204 g/mol. The molecule has 0 saturated carbocycles. The topological polar surface area (TPSA) is 84.6 Å². The molecule has 0 aliphatic carbocycles. The smallest absolute Gasteiger partial charge is 0.406 e. The fourth-order valence-corrected chi connectivity index (χ4v) is 1.03. The number of carbonyl (C=O) groups is 1. The van der Waals surface area contributed by atoms with Gasteiger partial charge in [0.2, 0.25) is 0 Å². The Hall–Kier alpha value is -0.810. The minimum absolute atomic E-state index is 0.359. The molecule has 0 aromatic heterocycles. The molecule has 0 aliphatic rings. The van der Waals surface area contributed by atoms with Gasteiger partial charge in [0.1, 0.15) is 6.23 Å². The van der Waals surface area contributed by atoms with E-state index in [4.69, 9.17) is 15.6 Å². The summed E-state index contributed by atoms with van der Waals surface area (Å²) in [5.41, 5.74) is 4.98. The van der Waals surface area contributed by atoms with Crippen LogP contribution in [0.4, 0.5) is 4.79 Å². The van der Waals surface area contributed by atoms with Crippen molar-refractivity contribution in [3.05, 3.63) is 0 Å². The molecule has 84 valence electrons. The predicted molar refractivity (Wildman–Crippen MR) is 54.1 cm³/mol. The molecule has 0 rings (SSSR count). The van der Waals surface area contributed by atoms with E-state index in [0.29, 0.717) is 13.0 Å². The summed E-state index contributed by atoms with van der Waals surface area (Å²) < 4.78 is 5.50. The van der Waals surface area contributed by atoms with Crippen LogP contribution >= 0.6 is 0 Å². The fourth-order valence-electron chi connectivity index (χ4n) is 1.03. The summed E-state index contributed by atoms with van der Waals surface area (Å²) in [6.45, 7) is 6.18. The molecule has 0 aromatic rings. The highest BCUT2D eigenvalue weighted by atomic mass is 16.5. The molecule has 1 unspecified atom stereocenters. The van der Waals surface area contributed by atoms with Gasteiger partial charge in [0.25, 0.3) is 0 Å². The van der Waals surface area contributed by atoms with Gasteiger partial charge in [-0.2, -0.15) is 0 Å². The van der Waals surface area contributed by atoms with E-state index in [1.807, 2.05) is 20.8 Å². The van der Waals surface area contributed by atoms with Crippen LogP contribution in [-0.4, -0.2) is 29.6 Å². The van der Waals surface area contributed by atoms with Crippen LogP contribution in [0.3, 0.4) is 0 Å². The van der Waals surface area contributed by atoms with E-state index in [1.54, 1.807) is 0 Å². The Labute approximate surface area is 84.6 Å². The summed E-state index contributed by atoms with van der Waals surface area (Å²) >= 11 is 0. The molecule has 4 N–H and O–H groups in total. The summed E-state index contributed by atoms with van der Waals surface area (Å²) in [5, 5.41) is 10.9. The lowest BCUT2D eigenvalue weighted by Crippen LogP contribution is -2.41. The van der Waals surface area contributed by atoms with Gasteiger partial charge in [-0.1, -0.05) is 0 Å². The number of hydrogen-bond donors (Lipinski definition) is 3. The van der Waals surface area contributed by atoms with Crippen molar-refractivity contribution in [1.82, 2.24) is 5.32 Å². The van der Waals surface area contributed by atoms with Crippen molar-refractivity contribution in [1.29, 1.82) is 0 Å². The zero-order valence-corrected chi connectivity index (χ0v) is 9.04. The van der Waals surface area contributed by atoms with Gasteiger partial charge in [-0.05, 0) is 40.2 Å². The van der Waals surface area contributed by atoms with Gasteiger partial charge >= 0.3 is 6.09 Å². The van der Waals surface area contributed by atoms with E-state index < -0.39 is 12.3 Å². The summed E-state index contributed by atoms with van der Waals surface area (Å²) in [6.07, 6.45) is -0.214. The van der Waals surface area contributed by atoms with Gasteiger partial charge in [-0.15, -0.1) is 0 Å². The molecule has 14 heavy (non-hydrogen) atoms. The van der Waals surface area contributed by atoms with Gasteiger partial charge < -0.3 is 15.6 Å². The molecule has 0 bridgehead atoms. The second-order valence-corrected chi connectivity index (χ2v) is 4.10. The first-order chi connectivity index (χ1) is 6.35. The molecule has 5 nitrogen and oxygen atoms in total. The molecule has 0 radical (unpaired) electrons. The molecule has 1 amide bonds. The molecule has 0 saturated heterocycles. The summed E-state index contributed by atoms with van der Waals surface area (Å²) in [5.74, 6) is 0. The number of nitrogens with one attached hydrogen (secondary N) is 1. The van der Waals surface area contributed by atoms with Crippen molar-refractivity contribution in [2.45, 2.75) is 45.4 Å². The molecule has 5 heteroatoms. The molecule has 0 spiro atoms. The first kappa shape index (κ1) is 13.2. The Bertz CT molecular complexity index is 177. The minimum Gasteiger partial charge on any atom is -0.465 e. The summed E-state index contributed by atoms with van der Waals surface area (Å²) in [6, 6.07) is 0. The third kappa shape index (κ3) is 7.82. The van der Waals surface area contributed by atoms with Crippen LogP contribution in [-0.2, 0) is 4.74 Å². The SMILES string of the molecule is CC(C)(C)OC(CCCN)NC(=O)O. The number of nitrogens with two attached hydrogens (primary N) is 1. The highest BCUT2D eigenvalue weighted by Crippen LogP contribution is 2.12. The lowest BCUT2D eigenvalue weighted by Gasteiger charge is -2.27. The molecular weight excluding hydrogens is 184 g/mol. The van der Waals surface area contributed by atoms with Crippen molar-refractivity contribution in [2.75, 3.05) is 6.54 Å². The van der Waals surface area contributed by atoms with Gasteiger partial charge in [-0.3, -0.25) is 5.32 Å². The lowest BCUT2D eigenvalue weighted by molar-refractivity contribution is -0.0744. The van der Waals surface area contributed by atoms with Crippen LogP contribution in [0.25, 0.3) is 0 Å². The van der Waals surface area contributed by atoms with Gasteiger partial charge in [0, 0.05) is 0 Å². The van der Waals surface area contributed by atoms with Crippen LogP contribution in [0, 0.1) is 0 Å². The maximum absolute atomic E-state index is 10.4. The maximum Gasteiger partial charge on any atom is 0.406 e. The minimum atomic E-state index is -1.07. The Morgan fingerprint density at radius 3 is 2.50 bits per heavy atom. The number of rotatable bonds is 5. The van der Waals surface area contributed by atoms with E-state index in [-0.39, 0.29) is 5.60 Å². The Morgan fingerprint density at radius 2 is 2.14 bits per heavy atom. The maximum atomic E-state index is 10.4. The van der Waals surface area contributed by atoms with Gasteiger partial charge in [-0.25, -0.2) is 4.79 Å². The summed E-state index contributed by atoms with van der Waals surface area (Å²) in [7, 11) is 0. The van der Waals surface area contributed by atoms with Crippen molar-refractivity contribution < 1.29 is 14.6 Å². The zero-order valence-electron chi connectivity index (χ0n) is 9.04. The molecule has 0 fully saturated rings. The van der Waals surface area contributed by atoms with E-state index >= 15 is 0 Å². The third-order valence-corrected chi connectivity index (χ3v) is 1.45. The van der Waals surface area contributed by atoms with Crippen molar-refractivity contribution in [3.63, 3.8) is 0 Å². The normalized spacial score (nSPS) is 13.7. The molecular formula is C9H20N2O3. The number of amides is 1. The largest absolute Gasteiger partial charge is 0.465 e. The van der Waals surface area contributed by atoms with Crippen LogP contribution in [0.5, 0.6) is 0 Å². The molecule has 0 heterocycles. The highest BCUT2D eigenvalue weighted by Gasteiger charge is 2.19. The van der Waals surface area contributed by atoms with E-state index in [1.165, 1.54) is 0 Å². The quantitative estimate of drug-likeness (QED) is 0.586. The highest BCUT2D eigenvalue weighted by molar-refractivity contribution is 5.64. The van der Waals surface area contributed by atoms with Crippen LogP contribution in [0.2, 0.25) is 0 Å². The second-order valence-electron chi connectivity index (χ2n) is 4.10. The van der Waals surface area contributed by atoms with Crippen LogP contribution in [0.15, 0.2) is 0 Å². The van der Waals surface area contributed by atoms with Gasteiger partial charge in [0.15, 0.2) is 0 Å². The second kappa shape index (κ2) is 5.82. The van der Waals surface area contributed by atoms with Crippen LogP contribution in [0.1, 0.15) is 33.6 Å². The standard InChI is InChI=1S/C9H20N2O3/c1-9(2,3)14-7(5-4-6-10)11-8(12)13/h7,11H,4-6,10H2,1-3H3,(H,12,13). The zero-order chi connectivity index (χ0) is 11.2. The first-order valence-corrected chi connectivity index (χ1v) is 4.72. The van der Waals surface area contributed by atoms with Crippen LogP contribution < -0.4 is 11.1 Å². The number of hydrogen-bond acceptors (Lipinski definition) is 3. The number of ether oxygens (including phenoxy) is 1. The Balaban J connectivity index is 4.03. The molecule has 0 aliphatic heterocycles. The van der Waals surface area contributed by atoms with E-state index in [9.17, 15) is 4.79 Å². The average Bonchev–Trinajstić information content (AvgIpc) is 1.96. The van der Waals surface area contributed by atoms with E-state index in [2.05, 4.69) is 5.32 Å². The number of carboxylic acid groups (broad SMARTS) is 1. The van der Waals surface area contributed by atoms with Crippen molar-refractivity contribution >= 4 is 6.09 Å². The molecule has 1 atom stereocenters. The lowest BCUT2D eigenvalue weighted by atomic mass is 10.2. The Morgan fingerprint density at radius 1 is 1.57 bits per heavy atom. The van der Waals surface area contributed by atoms with Gasteiger partial charge in [0.05, 0.1) is 5.60 Å². The van der Waals surface area contributed by atoms with E-state index in [0.717, 1.165) is 6.42 Å². The molecule has 0 aromatic carbocycles. The first-order valence-electron chi connectivity index (χ1n) is 4.72. The average molecular weight is 204 g/mol. The van der Waals surface area contributed by atoms with Crippen molar-refractivity contribution in [3.8, 4) is 0 Å². The third-order valence-electron chi connectivity index (χ3n) is 1.45. The Kier molecular flexibility index (Phi) is 5.49. The predicted octanol–water partition coefficient (Wildman–Crippen LogP) is 1.13.